The molecule has 0 aromatic carbocycles. The Balaban J connectivity index is 5.30. The first-order valence-corrected chi connectivity index (χ1v) is 43.9. The first-order chi connectivity index (χ1) is 47.9. The molecule has 0 amide bonds. The highest BCUT2D eigenvalue weighted by atomic mass is 31.2. The highest BCUT2D eigenvalue weighted by Crippen LogP contribution is 2.45. The minimum atomic E-state index is -4.97. The van der Waals surface area contributed by atoms with Gasteiger partial charge >= 0.3 is 39.5 Å². The van der Waals surface area contributed by atoms with Crippen LogP contribution in [0.5, 0.6) is 0 Å². The number of carbonyl (C=O) groups is 4. The largest absolute Gasteiger partial charge is 0.472 e. The lowest BCUT2D eigenvalue weighted by molar-refractivity contribution is -0.161. The number of hydrogen-bond acceptors (Lipinski definition) is 15. The van der Waals surface area contributed by atoms with E-state index in [1.807, 2.05) is 0 Å². The molecule has 0 spiro atoms. The van der Waals surface area contributed by atoms with Gasteiger partial charge in [-0.05, 0) is 63.2 Å². The first-order valence-electron chi connectivity index (χ1n) is 40.9. The van der Waals surface area contributed by atoms with Gasteiger partial charge in [-0.25, -0.2) is 9.13 Å². The molecule has 0 bridgehead atoms. The minimum Gasteiger partial charge on any atom is -0.462 e. The number of ether oxygens (including phenoxy) is 4. The fraction of sp³-hybridized carbons (Fsp3) is 0.900. The van der Waals surface area contributed by atoms with Gasteiger partial charge in [0.05, 0.1) is 26.4 Å². The number of phosphoric ester groups is 2. The van der Waals surface area contributed by atoms with Crippen LogP contribution in [0.1, 0.15) is 395 Å². The number of hydrogen-bond donors (Lipinski definition) is 3. The number of aliphatic hydroxyl groups is 1. The van der Waals surface area contributed by atoms with Crippen molar-refractivity contribution in [2.75, 3.05) is 39.6 Å². The maximum absolute atomic E-state index is 13.1. The third-order valence-corrected chi connectivity index (χ3v) is 20.7. The van der Waals surface area contributed by atoms with Gasteiger partial charge in [0, 0.05) is 25.7 Å². The number of phosphoric acid groups is 2. The SMILES string of the molecule is CCCCCC/C=C\C=C/CCCCCCCC(=O)OC[C@H](COP(=O)(O)OC[C@@H](O)COP(=O)(O)OC[C@@H](COC(=O)CCCCCCCCCCC(C)CC)OC(=O)CCCCCCCCCCCCCCCC)OC(=O)CCCCCCCCCCCCCCCCC(C)CC. The predicted molar refractivity (Wildman–Crippen MR) is 404 cm³/mol. The molecule has 0 aliphatic carbocycles. The van der Waals surface area contributed by atoms with Crippen LogP contribution in [0.15, 0.2) is 24.3 Å². The van der Waals surface area contributed by atoms with Crippen LogP contribution in [0.3, 0.4) is 0 Å². The summed E-state index contributed by atoms with van der Waals surface area (Å²) in [5.41, 5.74) is 0. The number of allylic oxidation sites excluding steroid dienone is 4. The van der Waals surface area contributed by atoms with E-state index < -0.39 is 97.5 Å². The molecule has 4 unspecified atom stereocenters. The lowest BCUT2D eigenvalue weighted by Crippen LogP contribution is -2.30. The Labute approximate surface area is 605 Å². The van der Waals surface area contributed by atoms with Crippen LogP contribution in [0, 0.1) is 11.8 Å². The molecule has 3 N–H and O–H groups in total. The van der Waals surface area contributed by atoms with Gasteiger partial charge in [0.15, 0.2) is 12.2 Å². The zero-order chi connectivity index (χ0) is 72.8. The van der Waals surface area contributed by atoms with Crippen LogP contribution < -0.4 is 0 Å². The molecule has 0 heterocycles. The van der Waals surface area contributed by atoms with Gasteiger partial charge in [-0.3, -0.25) is 37.3 Å². The van der Waals surface area contributed by atoms with Crippen LogP contribution in [0.4, 0.5) is 0 Å². The Hall–Kier alpha value is -2.46. The second kappa shape index (κ2) is 71.2. The lowest BCUT2D eigenvalue weighted by Gasteiger charge is -2.21. The predicted octanol–water partition coefficient (Wildman–Crippen LogP) is 23.4. The highest BCUT2D eigenvalue weighted by Gasteiger charge is 2.30. The Morgan fingerprint density at radius 2 is 0.566 bits per heavy atom. The van der Waals surface area contributed by atoms with Crippen molar-refractivity contribution in [3.05, 3.63) is 24.3 Å². The van der Waals surface area contributed by atoms with Gasteiger partial charge in [0.1, 0.15) is 19.3 Å². The third-order valence-electron chi connectivity index (χ3n) is 18.8. The number of carbonyl (C=O) groups excluding carboxylic acids is 4. The van der Waals surface area contributed by atoms with E-state index in [1.165, 1.54) is 193 Å². The molecular formula is C80H152O17P2. The second-order valence-corrected chi connectivity index (χ2v) is 31.5. The molecule has 7 atom stereocenters. The van der Waals surface area contributed by atoms with E-state index in [0.29, 0.717) is 25.7 Å². The molecule has 99 heavy (non-hydrogen) atoms. The van der Waals surface area contributed by atoms with E-state index >= 15 is 0 Å². The molecule has 0 aliphatic rings. The zero-order valence-corrected chi connectivity index (χ0v) is 66.1. The lowest BCUT2D eigenvalue weighted by atomic mass is 9.99. The van der Waals surface area contributed by atoms with Crippen LogP contribution in [-0.2, 0) is 65.4 Å². The molecule has 0 aromatic rings. The van der Waals surface area contributed by atoms with E-state index in [4.69, 9.17) is 37.0 Å². The van der Waals surface area contributed by atoms with Crippen molar-refractivity contribution in [1.82, 2.24) is 0 Å². The minimum absolute atomic E-state index is 0.101. The summed E-state index contributed by atoms with van der Waals surface area (Å²) >= 11 is 0. The summed E-state index contributed by atoms with van der Waals surface area (Å²) in [5.74, 6) is -0.519. The van der Waals surface area contributed by atoms with Gasteiger partial charge in [0.2, 0.25) is 0 Å². The van der Waals surface area contributed by atoms with Crippen molar-refractivity contribution in [3.63, 3.8) is 0 Å². The molecule has 0 radical (unpaired) electrons. The van der Waals surface area contributed by atoms with Gasteiger partial charge in [-0.2, -0.15) is 0 Å². The molecular weight excluding hydrogens is 1290 g/mol. The van der Waals surface area contributed by atoms with Crippen molar-refractivity contribution in [2.45, 2.75) is 413 Å². The topological polar surface area (TPSA) is 237 Å². The molecule has 0 fully saturated rings. The number of aliphatic hydroxyl groups excluding tert-OH is 1. The Kier molecular flexibility index (Phi) is 69.4. The fourth-order valence-electron chi connectivity index (χ4n) is 11.8. The Morgan fingerprint density at radius 1 is 0.323 bits per heavy atom. The molecule has 0 aromatic heterocycles. The molecule has 0 saturated carbocycles. The van der Waals surface area contributed by atoms with Gasteiger partial charge in [-0.1, -0.05) is 342 Å². The molecule has 0 saturated heterocycles. The van der Waals surface area contributed by atoms with Crippen molar-refractivity contribution < 1.29 is 80.2 Å². The van der Waals surface area contributed by atoms with Crippen molar-refractivity contribution >= 4 is 39.5 Å². The zero-order valence-electron chi connectivity index (χ0n) is 64.3. The van der Waals surface area contributed by atoms with Crippen LogP contribution in [0.25, 0.3) is 0 Å². The second-order valence-electron chi connectivity index (χ2n) is 28.6. The first kappa shape index (κ1) is 96.5. The average molecular weight is 1450 g/mol. The van der Waals surface area contributed by atoms with Crippen LogP contribution >= 0.6 is 15.6 Å². The summed E-state index contributed by atoms with van der Waals surface area (Å²) in [4.78, 5) is 73.0. The Morgan fingerprint density at radius 3 is 0.859 bits per heavy atom. The maximum Gasteiger partial charge on any atom is 0.472 e. The van der Waals surface area contributed by atoms with Gasteiger partial charge < -0.3 is 33.8 Å². The fourth-order valence-corrected chi connectivity index (χ4v) is 13.3. The number of rotatable bonds is 77. The summed E-state index contributed by atoms with van der Waals surface area (Å²) in [6.07, 6.45) is 63.0. The van der Waals surface area contributed by atoms with E-state index in [1.54, 1.807) is 0 Å². The molecule has 0 rings (SSSR count). The van der Waals surface area contributed by atoms with Gasteiger partial charge in [0.25, 0.3) is 0 Å². The van der Waals surface area contributed by atoms with E-state index in [-0.39, 0.29) is 25.7 Å². The van der Waals surface area contributed by atoms with Crippen molar-refractivity contribution in [3.8, 4) is 0 Å². The standard InChI is InChI=1S/C80H152O17P2/c1-7-11-13-15-17-19-21-23-25-30-33-37-44-50-56-62-77(82)90-68-75(96-80(85)65-59-53-47-39-35-31-27-26-28-32-36-42-48-54-60-72(5)9-3)70-94-98(86,87)92-66-74(81)67-93-99(88,89)95-71-76(69-91-78(83)63-57-51-45-41-40-43-49-55-61-73(6)10-4)97-79(84)64-58-52-46-38-34-29-24-22-20-18-16-14-12-8-2/h19,21,23,25,72-76,81H,7-18,20,22,24,26-71H2,1-6H3,(H,86,87)(H,88,89)/b21-19-,25-23-/t72?,73?,74-,75-,76-/m1/s1. The van der Waals surface area contributed by atoms with Crippen LogP contribution in [-0.4, -0.2) is 96.7 Å². The van der Waals surface area contributed by atoms with Crippen LogP contribution in [0.2, 0.25) is 0 Å². The summed E-state index contributed by atoms with van der Waals surface area (Å²) in [7, 11) is -9.93. The van der Waals surface area contributed by atoms with Gasteiger partial charge in [-0.15, -0.1) is 0 Å². The number of esters is 4. The van der Waals surface area contributed by atoms with Crippen molar-refractivity contribution in [2.24, 2.45) is 11.8 Å². The molecule has 584 valence electrons. The summed E-state index contributed by atoms with van der Waals surface area (Å²) in [5, 5.41) is 10.6. The summed E-state index contributed by atoms with van der Waals surface area (Å²) in [6.45, 7) is 9.62. The normalized spacial score (nSPS) is 14.6. The maximum atomic E-state index is 13.1. The third kappa shape index (κ3) is 71.0. The highest BCUT2D eigenvalue weighted by molar-refractivity contribution is 7.47. The van der Waals surface area contributed by atoms with Crippen molar-refractivity contribution in [1.29, 1.82) is 0 Å². The number of unbranched alkanes of at least 4 members (excludes halogenated alkanes) is 42. The quantitative estimate of drug-likeness (QED) is 0.0169. The molecule has 19 heteroatoms. The molecule has 17 nitrogen and oxygen atoms in total. The van der Waals surface area contributed by atoms with E-state index in [9.17, 15) is 43.2 Å². The average Bonchev–Trinajstić information content (AvgIpc) is 1.00. The Bertz CT molecular complexity index is 2010. The summed E-state index contributed by atoms with van der Waals surface area (Å²) < 4.78 is 68.7. The van der Waals surface area contributed by atoms with E-state index in [2.05, 4.69) is 65.8 Å². The molecule has 0 aliphatic heterocycles. The van der Waals surface area contributed by atoms with E-state index in [0.717, 1.165) is 121 Å². The monoisotopic (exact) mass is 1450 g/mol. The smallest absolute Gasteiger partial charge is 0.462 e. The summed E-state index contributed by atoms with van der Waals surface area (Å²) in [6, 6.07) is 0.